The SMILES string of the molecule is COc1ccc(NC(=O)COC(=O)/C=C/c2ccc(C)c(Cl)c2)c(OC)c1. The molecule has 2 rings (SSSR count). The van der Waals surface area contributed by atoms with Crippen molar-refractivity contribution in [3.63, 3.8) is 0 Å². The smallest absolute Gasteiger partial charge is 0.331 e. The van der Waals surface area contributed by atoms with Crippen LogP contribution in [0.25, 0.3) is 6.08 Å². The summed E-state index contributed by atoms with van der Waals surface area (Å²) in [5.74, 6) is -0.0927. The molecule has 1 amide bonds. The Morgan fingerprint density at radius 2 is 1.89 bits per heavy atom. The summed E-state index contributed by atoms with van der Waals surface area (Å²) in [4.78, 5) is 23.7. The molecule has 2 aromatic carbocycles. The highest BCUT2D eigenvalue weighted by Gasteiger charge is 2.10. The normalized spacial score (nSPS) is 10.5. The highest BCUT2D eigenvalue weighted by Crippen LogP contribution is 2.28. The Hall–Kier alpha value is -2.99. The number of rotatable bonds is 7. The van der Waals surface area contributed by atoms with Gasteiger partial charge in [0.15, 0.2) is 6.61 Å². The first-order valence-corrected chi connectivity index (χ1v) is 8.43. The third kappa shape index (κ3) is 6.04. The summed E-state index contributed by atoms with van der Waals surface area (Å²) in [5.41, 5.74) is 2.15. The molecule has 0 saturated heterocycles. The second kappa shape index (κ2) is 9.64. The number of anilines is 1. The van der Waals surface area contributed by atoms with Crippen molar-refractivity contribution in [2.75, 3.05) is 26.1 Å². The first-order valence-electron chi connectivity index (χ1n) is 8.06. The van der Waals surface area contributed by atoms with Crippen LogP contribution >= 0.6 is 11.6 Å². The maximum atomic E-state index is 12.0. The number of benzene rings is 2. The lowest BCUT2D eigenvalue weighted by Gasteiger charge is -2.11. The van der Waals surface area contributed by atoms with E-state index in [1.54, 1.807) is 30.3 Å². The van der Waals surface area contributed by atoms with Gasteiger partial charge in [-0.2, -0.15) is 0 Å². The van der Waals surface area contributed by atoms with E-state index >= 15 is 0 Å². The van der Waals surface area contributed by atoms with Crippen molar-refractivity contribution in [2.45, 2.75) is 6.92 Å². The second-order valence-electron chi connectivity index (χ2n) is 5.56. The lowest BCUT2D eigenvalue weighted by Crippen LogP contribution is -2.20. The topological polar surface area (TPSA) is 73.9 Å². The number of amides is 1. The molecule has 0 aromatic heterocycles. The van der Waals surface area contributed by atoms with Crippen LogP contribution in [0.1, 0.15) is 11.1 Å². The number of halogens is 1. The molecule has 0 spiro atoms. The van der Waals surface area contributed by atoms with Gasteiger partial charge in [-0.1, -0.05) is 23.7 Å². The van der Waals surface area contributed by atoms with E-state index in [0.29, 0.717) is 22.2 Å². The predicted octanol–water partition coefficient (Wildman–Crippen LogP) is 3.86. The van der Waals surface area contributed by atoms with E-state index in [1.807, 2.05) is 19.1 Å². The van der Waals surface area contributed by atoms with Gasteiger partial charge in [0.05, 0.1) is 19.9 Å². The Labute approximate surface area is 162 Å². The Morgan fingerprint density at radius 3 is 2.56 bits per heavy atom. The van der Waals surface area contributed by atoms with E-state index in [-0.39, 0.29) is 0 Å². The van der Waals surface area contributed by atoms with Gasteiger partial charge in [0, 0.05) is 17.2 Å². The summed E-state index contributed by atoms with van der Waals surface area (Å²) in [5, 5.41) is 3.23. The molecule has 0 unspecified atom stereocenters. The summed E-state index contributed by atoms with van der Waals surface area (Å²) in [6.07, 6.45) is 2.81. The first-order chi connectivity index (χ1) is 12.9. The van der Waals surface area contributed by atoms with Crippen molar-refractivity contribution in [3.05, 3.63) is 58.6 Å². The monoisotopic (exact) mass is 389 g/mol. The number of ether oxygens (including phenoxy) is 3. The molecule has 0 radical (unpaired) electrons. The van der Waals surface area contributed by atoms with Crippen LogP contribution in [-0.4, -0.2) is 32.7 Å². The molecule has 0 aliphatic rings. The molecule has 27 heavy (non-hydrogen) atoms. The zero-order chi connectivity index (χ0) is 19.8. The van der Waals surface area contributed by atoms with Gasteiger partial charge in [-0.15, -0.1) is 0 Å². The van der Waals surface area contributed by atoms with E-state index in [0.717, 1.165) is 11.1 Å². The Bertz CT molecular complexity index is 863. The highest BCUT2D eigenvalue weighted by molar-refractivity contribution is 6.31. The molecule has 0 fully saturated rings. The average molecular weight is 390 g/mol. The van der Waals surface area contributed by atoms with Gasteiger partial charge >= 0.3 is 5.97 Å². The fraction of sp³-hybridized carbons (Fsp3) is 0.200. The van der Waals surface area contributed by atoms with Crippen LogP contribution in [0.2, 0.25) is 5.02 Å². The van der Waals surface area contributed by atoms with Gasteiger partial charge in [-0.05, 0) is 42.3 Å². The summed E-state index contributed by atoms with van der Waals surface area (Å²) >= 11 is 6.03. The van der Waals surface area contributed by atoms with Crippen molar-refractivity contribution in [1.82, 2.24) is 0 Å². The van der Waals surface area contributed by atoms with Crippen LogP contribution in [0, 0.1) is 6.92 Å². The van der Waals surface area contributed by atoms with E-state index in [9.17, 15) is 9.59 Å². The number of esters is 1. The number of nitrogens with one attached hydrogen (secondary N) is 1. The fourth-order valence-electron chi connectivity index (χ4n) is 2.15. The average Bonchev–Trinajstić information content (AvgIpc) is 2.67. The number of carbonyl (C=O) groups excluding carboxylic acids is 2. The minimum absolute atomic E-state index is 0.424. The number of methoxy groups -OCH3 is 2. The van der Waals surface area contributed by atoms with Crippen LogP contribution in [0.3, 0.4) is 0 Å². The molecular formula is C20H20ClNO5. The van der Waals surface area contributed by atoms with Crippen LogP contribution in [0.15, 0.2) is 42.5 Å². The molecule has 1 N–H and O–H groups in total. The lowest BCUT2D eigenvalue weighted by molar-refractivity contribution is -0.142. The van der Waals surface area contributed by atoms with E-state index in [1.165, 1.54) is 20.3 Å². The molecule has 0 aliphatic heterocycles. The van der Waals surface area contributed by atoms with Crippen molar-refractivity contribution >= 4 is 35.2 Å². The molecule has 0 saturated carbocycles. The van der Waals surface area contributed by atoms with E-state index < -0.39 is 18.5 Å². The Morgan fingerprint density at radius 1 is 1.11 bits per heavy atom. The van der Waals surface area contributed by atoms with Crippen LogP contribution in [0.4, 0.5) is 5.69 Å². The van der Waals surface area contributed by atoms with Crippen molar-refractivity contribution in [1.29, 1.82) is 0 Å². The van der Waals surface area contributed by atoms with Gasteiger partial charge in [0.25, 0.3) is 5.91 Å². The molecule has 0 aliphatic carbocycles. The standard InChI is InChI=1S/C20H20ClNO5/c1-13-4-5-14(10-16(13)21)6-9-20(24)27-12-19(23)22-17-8-7-15(25-2)11-18(17)26-3/h4-11H,12H2,1-3H3,(H,22,23)/b9-6+. The molecule has 0 heterocycles. The summed E-state index contributed by atoms with van der Waals surface area (Å²) in [6.45, 7) is 1.47. The van der Waals surface area contributed by atoms with E-state index in [4.69, 9.17) is 25.8 Å². The highest BCUT2D eigenvalue weighted by atomic mass is 35.5. The molecule has 0 bridgehead atoms. The van der Waals surface area contributed by atoms with Crippen LogP contribution in [-0.2, 0) is 14.3 Å². The maximum absolute atomic E-state index is 12.0. The lowest BCUT2D eigenvalue weighted by atomic mass is 10.1. The minimum atomic E-state index is -0.636. The summed E-state index contributed by atoms with van der Waals surface area (Å²) in [6, 6.07) is 10.4. The third-order valence-electron chi connectivity index (χ3n) is 3.64. The van der Waals surface area contributed by atoms with Crippen LogP contribution < -0.4 is 14.8 Å². The molecular weight excluding hydrogens is 370 g/mol. The Kier molecular flexibility index (Phi) is 7.25. The fourth-order valence-corrected chi connectivity index (χ4v) is 2.34. The van der Waals surface area contributed by atoms with Gasteiger partial charge in [0.2, 0.25) is 0 Å². The zero-order valence-electron chi connectivity index (χ0n) is 15.2. The molecule has 0 atom stereocenters. The first kappa shape index (κ1) is 20.3. The van der Waals surface area contributed by atoms with Crippen molar-refractivity contribution in [2.24, 2.45) is 0 Å². The number of hydrogen-bond acceptors (Lipinski definition) is 5. The van der Waals surface area contributed by atoms with Crippen molar-refractivity contribution in [3.8, 4) is 11.5 Å². The zero-order valence-corrected chi connectivity index (χ0v) is 16.0. The van der Waals surface area contributed by atoms with E-state index in [2.05, 4.69) is 5.32 Å². The minimum Gasteiger partial charge on any atom is -0.497 e. The van der Waals surface area contributed by atoms with Gasteiger partial charge in [-0.3, -0.25) is 4.79 Å². The summed E-state index contributed by atoms with van der Waals surface area (Å²) in [7, 11) is 3.01. The second-order valence-corrected chi connectivity index (χ2v) is 5.97. The molecule has 142 valence electrons. The number of carbonyl (C=O) groups is 2. The third-order valence-corrected chi connectivity index (χ3v) is 4.04. The summed E-state index contributed by atoms with van der Waals surface area (Å²) < 4.78 is 15.2. The van der Waals surface area contributed by atoms with Gasteiger partial charge < -0.3 is 19.5 Å². The largest absolute Gasteiger partial charge is 0.497 e. The van der Waals surface area contributed by atoms with Crippen LogP contribution in [0.5, 0.6) is 11.5 Å². The maximum Gasteiger partial charge on any atom is 0.331 e. The number of hydrogen-bond donors (Lipinski definition) is 1. The van der Waals surface area contributed by atoms with Gasteiger partial charge in [0.1, 0.15) is 11.5 Å². The molecule has 2 aromatic rings. The molecule has 7 heteroatoms. The predicted molar refractivity (Wildman–Crippen MR) is 104 cm³/mol. The Balaban J connectivity index is 1.88. The van der Waals surface area contributed by atoms with Crippen molar-refractivity contribution < 1.29 is 23.8 Å². The molecule has 6 nitrogen and oxygen atoms in total. The quantitative estimate of drug-likeness (QED) is 0.575. The number of aryl methyl sites for hydroxylation is 1. The van der Waals surface area contributed by atoms with Gasteiger partial charge in [-0.25, -0.2) is 4.79 Å².